The molecule has 8 heteroatoms. The van der Waals surface area contributed by atoms with E-state index in [1.165, 1.54) is 10.8 Å². The van der Waals surface area contributed by atoms with E-state index in [-0.39, 0.29) is 0 Å². The Bertz CT molecular complexity index is 3830. The molecule has 304 valence electrons. The summed E-state index contributed by atoms with van der Waals surface area (Å²) >= 11 is 0. The predicted molar refractivity (Wildman–Crippen MR) is 267 cm³/mol. The molecule has 7 heterocycles. The summed E-state index contributed by atoms with van der Waals surface area (Å²) in [6.45, 7) is 0. The topological polar surface area (TPSA) is 74.8 Å². The first kappa shape index (κ1) is 35.9. The summed E-state index contributed by atoms with van der Waals surface area (Å²) in [7, 11) is -3.46. The molecule has 0 saturated heterocycles. The van der Waals surface area contributed by atoms with Crippen molar-refractivity contribution in [2.45, 2.75) is 0 Å². The van der Waals surface area contributed by atoms with Crippen molar-refractivity contribution in [3.05, 3.63) is 213 Å². The minimum atomic E-state index is -3.46. The van der Waals surface area contributed by atoms with Crippen LogP contribution in [0.15, 0.2) is 222 Å². The summed E-state index contributed by atoms with van der Waals surface area (Å²) in [6.07, 6.45) is 5.74. The average molecular weight is 850 g/mol. The van der Waals surface area contributed by atoms with Crippen molar-refractivity contribution in [1.82, 2.24) is 24.1 Å². The summed E-state index contributed by atoms with van der Waals surface area (Å²) in [5, 5.41) is 12.7. The maximum absolute atomic E-state index is 7.10. The van der Waals surface area contributed by atoms with Crippen molar-refractivity contribution in [2.75, 3.05) is 0 Å². The number of para-hydroxylation sites is 3. The van der Waals surface area contributed by atoms with Gasteiger partial charge in [0.15, 0.2) is 11.2 Å². The lowest BCUT2D eigenvalue weighted by Crippen LogP contribution is -2.76. The van der Waals surface area contributed by atoms with E-state index in [2.05, 4.69) is 197 Å². The van der Waals surface area contributed by atoms with Gasteiger partial charge in [-0.05, 0) is 89.2 Å². The van der Waals surface area contributed by atoms with E-state index in [4.69, 9.17) is 23.8 Å². The van der Waals surface area contributed by atoms with Crippen molar-refractivity contribution in [1.29, 1.82) is 0 Å². The monoisotopic (exact) mass is 849 g/mol. The van der Waals surface area contributed by atoms with Gasteiger partial charge in [-0.15, -0.1) is 0 Å². The Labute approximate surface area is 372 Å². The molecule has 0 radical (unpaired) electrons. The highest BCUT2D eigenvalue weighted by Crippen LogP contribution is 2.37. The molecule has 0 amide bonds. The van der Waals surface area contributed by atoms with Crippen LogP contribution in [0.25, 0.3) is 99.0 Å². The summed E-state index contributed by atoms with van der Waals surface area (Å²) in [4.78, 5) is 15.7. The van der Waals surface area contributed by atoms with Gasteiger partial charge in [0.2, 0.25) is 8.07 Å². The van der Waals surface area contributed by atoms with Crippen LogP contribution in [0.3, 0.4) is 0 Å². The van der Waals surface area contributed by atoms with Crippen molar-refractivity contribution in [2.24, 2.45) is 0 Å². The molecule has 7 aromatic heterocycles. The molecule has 14 aromatic rings. The molecule has 0 N–H and O–H groups in total. The first-order chi connectivity index (χ1) is 32.3. The van der Waals surface area contributed by atoms with Crippen LogP contribution in [-0.2, 0) is 0 Å². The molecule has 0 aliphatic rings. The van der Waals surface area contributed by atoms with E-state index in [0.29, 0.717) is 0 Å². The van der Waals surface area contributed by atoms with Gasteiger partial charge in [-0.3, -0.25) is 14.5 Å². The molecule has 0 saturated carbocycles. The van der Waals surface area contributed by atoms with Crippen LogP contribution in [0.5, 0.6) is 0 Å². The number of benzene rings is 7. The second kappa shape index (κ2) is 13.7. The largest absolute Gasteiger partial charge is 0.455 e. The van der Waals surface area contributed by atoms with Gasteiger partial charge in [0, 0.05) is 73.1 Å². The third kappa shape index (κ3) is 5.02. The van der Waals surface area contributed by atoms with E-state index in [9.17, 15) is 0 Å². The quantitative estimate of drug-likeness (QED) is 0.156. The molecular weight excluding hydrogens is 815 g/mol. The Morgan fingerprint density at radius 2 is 0.785 bits per heavy atom. The lowest BCUT2D eigenvalue weighted by molar-refractivity contribution is 0.669. The fourth-order valence-corrected chi connectivity index (χ4v) is 15.3. The van der Waals surface area contributed by atoms with Crippen LogP contribution in [0.4, 0.5) is 0 Å². The molecule has 0 spiro atoms. The van der Waals surface area contributed by atoms with Gasteiger partial charge in [0.25, 0.3) is 0 Å². The summed E-state index contributed by atoms with van der Waals surface area (Å²) in [5.74, 6) is 0. The Hall–Kier alpha value is -8.59. The number of nitrogens with zero attached hydrogens (tertiary/aromatic N) is 5. The van der Waals surface area contributed by atoms with Gasteiger partial charge < -0.3 is 13.4 Å². The number of pyridine rings is 3. The maximum Gasteiger partial charge on any atom is 0.233 e. The summed E-state index contributed by atoms with van der Waals surface area (Å²) in [6, 6.07) is 68.5. The van der Waals surface area contributed by atoms with Crippen LogP contribution < -0.4 is 21.0 Å². The van der Waals surface area contributed by atoms with E-state index in [0.717, 1.165) is 109 Å². The summed E-state index contributed by atoms with van der Waals surface area (Å²) < 4.78 is 18.8. The van der Waals surface area contributed by atoms with Gasteiger partial charge in [0.1, 0.15) is 16.8 Å². The van der Waals surface area contributed by atoms with E-state index in [1.54, 1.807) is 0 Å². The molecule has 7 nitrogen and oxygen atoms in total. The first-order valence-electron chi connectivity index (χ1n) is 21.8. The van der Waals surface area contributed by atoms with Crippen molar-refractivity contribution in [3.8, 4) is 11.4 Å². The highest BCUT2D eigenvalue weighted by Gasteiger charge is 2.49. The number of hydrogen-bond donors (Lipinski definition) is 0. The Kier molecular flexibility index (Phi) is 7.58. The molecule has 0 unspecified atom stereocenters. The zero-order valence-corrected chi connectivity index (χ0v) is 35.8. The van der Waals surface area contributed by atoms with Crippen molar-refractivity contribution in [3.63, 3.8) is 0 Å². The normalized spacial score (nSPS) is 12.3. The van der Waals surface area contributed by atoms with Gasteiger partial charge >= 0.3 is 0 Å². The minimum absolute atomic E-state index is 0.739. The Morgan fingerprint density at radius 3 is 1.32 bits per heavy atom. The molecule has 0 atom stereocenters. The molecule has 0 aliphatic heterocycles. The van der Waals surface area contributed by atoms with Crippen molar-refractivity contribution >= 4 is 117 Å². The third-order valence-corrected chi connectivity index (χ3v) is 17.9. The van der Waals surface area contributed by atoms with Crippen LogP contribution >= 0.6 is 0 Å². The number of furan rings is 2. The summed E-state index contributed by atoms with van der Waals surface area (Å²) in [5.41, 5.74) is 9.46. The van der Waals surface area contributed by atoms with Crippen LogP contribution in [0, 0.1) is 0 Å². The molecule has 14 rings (SSSR count). The van der Waals surface area contributed by atoms with Gasteiger partial charge in [0.05, 0.1) is 27.2 Å². The van der Waals surface area contributed by atoms with E-state index >= 15 is 0 Å². The van der Waals surface area contributed by atoms with Crippen LogP contribution in [0.2, 0.25) is 0 Å². The van der Waals surface area contributed by atoms with Crippen molar-refractivity contribution < 1.29 is 8.83 Å². The van der Waals surface area contributed by atoms with E-state index < -0.39 is 8.07 Å². The fourth-order valence-electron chi connectivity index (χ4n) is 10.7. The van der Waals surface area contributed by atoms with Crippen LogP contribution in [0.1, 0.15) is 0 Å². The van der Waals surface area contributed by atoms with Crippen LogP contribution in [-0.4, -0.2) is 32.2 Å². The number of rotatable bonds is 6. The SMILES string of the molecule is c1ccc([Si](c2ccccc2)(c2nccc3c2oc2ccc(-n4c5ccccc5c5ccccc54)cc23)c2nccc3c2oc2ccc(-n4c5ccccc5c5cccnc54)cc23)cc1. The predicted octanol–water partition coefficient (Wildman–Crippen LogP) is 11.2. The second-order valence-electron chi connectivity index (χ2n) is 16.7. The second-order valence-corrected chi connectivity index (χ2v) is 20.3. The molecule has 65 heavy (non-hydrogen) atoms. The molecule has 7 aromatic carbocycles. The highest BCUT2D eigenvalue weighted by molar-refractivity contribution is 7.20. The zero-order valence-electron chi connectivity index (χ0n) is 34.8. The number of fused-ring (bicyclic) bond motifs is 12. The van der Waals surface area contributed by atoms with E-state index in [1.807, 2.05) is 24.7 Å². The first-order valence-corrected chi connectivity index (χ1v) is 23.8. The van der Waals surface area contributed by atoms with Gasteiger partial charge in [-0.2, -0.15) is 0 Å². The third-order valence-electron chi connectivity index (χ3n) is 13.4. The smallest absolute Gasteiger partial charge is 0.233 e. The Morgan fingerprint density at radius 1 is 0.338 bits per heavy atom. The number of hydrogen-bond acceptors (Lipinski definition) is 5. The Balaban J connectivity index is 1.04. The molecule has 0 bridgehead atoms. The average Bonchev–Trinajstić information content (AvgIpc) is 4.13. The highest BCUT2D eigenvalue weighted by atomic mass is 28.3. The van der Waals surface area contributed by atoms with Gasteiger partial charge in [-0.25, -0.2) is 4.98 Å². The number of aromatic nitrogens is 5. The molecular formula is C57H35N5O2Si. The van der Waals surface area contributed by atoms with Gasteiger partial charge in [-0.1, -0.05) is 115 Å². The lowest BCUT2D eigenvalue weighted by atomic mass is 10.1. The zero-order chi connectivity index (χ0) is 42.6. The molecule has 0 aliphatic carbocycles. The minimum Gasteiger partial charge on any atom is -0.455 e. The standard InChI is InChI=1S/C57H35N5O2Si/c1-3-14-38(15-4-1)65(39-16-5-2-6-17-39,56-53-43(29-32-59-56)46-34-36(25-27-51(46)63-53)61-48-22-10-7-18-40(48)41-19-8-11-23-49(41)61)57-54-44(30-33-60-57)47-35-37(26-28-52(47)64-54)62-50-24-12-9-20-42(50)45-21-13-31-58-55(45)62/h1-35H. The molecule has 0 fully saturated rings. The fraction of sp³-hybridized carbons (Fsp3) is 0. The maximum atomic E-state index is 7.10. The lowest BCUT2D eigenvalue weighted by Gasteiger charge is -2.31.